The smallest absolute Gasteiger partial charge is 0.128 e. The van der Waals surface area contributed by atoms with Crippen molar-refractivity contribution in [2.24, 2.45) is 0 Å². The zero-order valence-corrected chi connectivity index (χ0v) is 16.7. The van der Waals surface area contributed by atoms with Gasteiger partial charge in [-0.3, -0.25) is 4.90 Å². The molecule has 5 nitrogen and oxygen atoms in total. The number of likely N-dealkylation sites (tertiary alicyclic amines) is 1. The molecule has 2 N–H and O–H groups in total. The predicted octanol–water partition coefficient (Wildman–Crippen LogP) is 4.32. The normalized spacial score (nSPS) is 24.4. The molecule has 27 heavy (non-hydrogen) atoms. The van der Waals surface area contributed by atoms with Crippen LogP contribution in [0.4, 0.5) is 5.82 Å². The molecule has 3 heterocycles. The van der Waals surface area contributed by atoms with E-state index in [9.17, 15) is 5.11 Å². The highest BCUT2D eigenvalue weighted by Gasteiger charge is 2.24. The highest BCUT2D eigenvalue weighted by atomic mass is 16.3. The van der Waals surface area contributed by atoms with E-state index in [2.05, 4.69) is 45.2 Å². The standard InChI is InChI=1S/C22H34N4O/c1-2-10-23-22-13-21-20(14-24-22)17(15-25-11-4-3-5-12-25)16-26(21)18-6-8-19(27)9-7-18/h13-14,16,18-19,27H,2-12,15H2,1H3,(H,23,24). The number of nitrogens with one attached hydrogen (secondary N) is 1. The van der Waals surface area contributed by atoms with Gasteiger partial charge in [-0.2, -0.15) is 0 Å². The van der Waals surface area contributed by atoms with Crippen LogP contribution in [-0.2, 0) is 6.54 Å². The van der Waals surface area contributed by atoms with Crippen LogP contribution in [0.25, 0.3) is 10.9 Å². The first-order valence-corrected chi connectivity index (χ1v) is 10.9. The Kier molecular flexibility index (Phi) is 5.98. The first kappa shape index (κ1) is 18.8. The van der Waals surface area contributed by atoms with Crippen LogP contribution in [-0.4, -0.2) is 45.3 Å². The van der Waals surface area contributed by atoms with E-state index >= 15 is 0 Å². The summed E-state index contributed by atoms with van der Waals surface area (Å²) in [7, 11) is 0. The fourth-order valence-corrected chi connectivity index (χ4v) is 4.69. The van der Waals surface area contributed by atoms with Crippen molar-refractivity contribution >= 4 is 16.7 Å². The van der Waals surface area contributed by atoms with Gasteiger partial charge in [0.25, 0.3) is 0 Å². The quantitative estimate of drug-likeness (QED) is 0.795. The Labute approximate surface area is 162 Å². The molecule has 0 unspecified atom stereocenters. The first-order chi connectivity index (χ1) is 13.2. The van der Waals surface area contributed by atoms with Crippen molar-refractivity contribution < 1.29 is 5.11 Å². The number of anilines is 1. The number of aliphatic hydroxyl groups excluding tert-OH is 1. The van der Waals surface area contributed by atoms with E-state index in [1.807, 2.05) is 0 Å². The molecule has 0 spiro atoms. The molecule has 0 aromatic carbocycles. The molecule has 4 rings (SSSR count). The van der Waals surface area contributed by atoms with Crippen molar-refractivity contribution in [2.45, 2.75) is 77.0 Å². The minimum atomic E-state index is -0.112. The van der Waals surface area contributed by atoms with Gasteiger partial charge in [0.15, 0.2) is 0 Å². The van der Waals surface area contributed by atoms with Crippen molar-refractivity contribution in [3.05, 3.63) is 24.0 Å². The maximum Gasteiger partial charge on any atom is 0.128 e. The Hall–Kier alpha value is -1.59. The lowest BCUT2D eigenvalue weighted by atomic mass is 9.93. The number of nitrogens with zero attached hydrogens (tertiary/aromatic N) is 3. The number of piperidine rings is 1. The molecular formula is C22H34N4O. The predicted molar refractivity (Wildman–Crippen MR) is 111 cm³/mol. The largest absolute Gasteiger partial charge is 0.393 e. The summed E-state index contributed by atoms with van der Waals surface area (Å²) in [6, 6.07) is 2.72. The molecule has 2 aromatic rings. The van der Waals surface area contributed by atoms with Crippen LogP contribution in [0.15, 0.2) is 18.5 Å². The Bertz CT molecular complexity index is 742. The van der Waals surface area contributed by atoms with Crippen LogP contribution in [0.1, 0.15) is 69.9 Å². The molecule has 1 aliphatic heterocycles. The third-order valence-electron chi connectivity index (χ3n) is 6.26. The molecule has 1 saturated heterocycles. The maximum atomic E-state index is 9.91. The second-order valence-corrected chi connectivity index (χ2v) is 8.37. The molecule has 0 amide bonds. The van der Waals surface area contributed by atoms with Gasteiger partial charge in [0.2, 0.25) is 0 Å². The van der Waals surface area contributed by atoms with Gasteiger partial charge in [-0.25, -0.2) is 4.98 Å². The van der Waals surface area contributed by atoms with Crippen molar-refractivity contribution in [2.75, 3.05) is 25.0 Å². The number of pyridine rings is 1. The lowest BCUT2D eigenvalue weighted by Crippen LogP contribution is -2.29. The van der Waals surface area contributed by atoms with Gasteiger partial charge in [0, 0.05) is 43.0 Å². The minimum absolute atomic E-state index is 0.112. The van der Waals surface area contributed by atoms with Crippen molar-refractivity contribution in [3.8, 4) is 0 Å². The van der Waals surface area contributed by atoms with Crippen LogP contribution in [0, 0.1) is 0 Å². The monoisotopic (exact) mass is 370 g/mol. The van der Waals surface area contributed by atoms with E-state index in [1.165, 1.54) is 48.8 Å². The molecule has 2 fully saturated rings. The van der Waals surface area contributed by atoms with Crippen LogP contribution in [0.3, 0.4) is 0 Å². The van der Waals surface area contributed by atoms with Crippen molar-refractivity contribution in [1.29, 1.82) is 0 Å². The second-order valence-electron chi connectivity index (χ2n) is 8.37. The zero-order chi connectivity index (χ0) is 18.6. The molecule has 0 atom stereocenters. The van der Waals surface area contributed by atoms with Gasteiger partial charge >= 0.3 is 0 Å². The molecule has 0 bridgehead atoms. The third-order valence-corrected chi connectivity index (χ3v) is 6.26. The van der Waals surface area contributed by atoms with Crippen LogP contribution in [0.5, 0.6) is 0 Å². The van der Waals surface area contributed by atoms with Gasteiger partial charge in [0.05, 0.1) is 11.6 Å². The fourth-order valence-electron chi connectivity index (χ4n) is 4.69. The lowest BCUT2D eigenvalue weighted by Gasteiger charge is -2.27. The molecule has 5 heteroatoms. The van der Waals surface area contributed by atoms with E-state index in [-0.39, 0.29) is 6.10 Å². The number of fused-ring (bicyclic) bond motifs is 1. The summed E-state index contributed by atoms with van der Waals surface area (Å²) in [6.07, 6.45) is 13.4. The maximum absolute atomic E-state index is 9.91. The number of aromatic nitrogens is 2. The van der Waals surface area contributed by atoms with Gasteiger partial charge < -0.3 is 15.0 Å². The van der Waals surface area contributed by atoms with E-state index in [0.29, 0.717) is 6.04 Å². The van der Waals surface area contributed by atoms with Gasteiger partial charge in [0.1, 0.15) is 5.82 Å². The number of aliphatic hydroxyl groups is 1. The molecule has 2 aliphatic rings. The number of hydrogen-bond donors (Lipinski definition) is 2. The lowest BCUT2D eigenvalue weighted by molar-refractivity contribution is 0.111. The third kappa shape index (κ3) is 4.30. The van der Waals surface area contributed by atoms with Crippen LogP contribution < -0.4 is 5.32 Å². The average molecular weight is 371 g/mol. The average Bonchev–Trinajstić information content (AvgIpc) is 3.05. The van der Waals surface area contributed by atoms with E-state index < -0.39 is 0 Å². The topological polar surface area (TPSA) is 53.3 Å². The summed E-state index contributed by atoms with van der Waals surface area (Å²) in [4.78, 5) is 7.28. The van der Waals surface area contributed by atoms with Crippen molar-refractivity contribution in [3.63, 3.8) is 0 Å². The summed E-state index contributed by atoms with van der Waals surface area (Å²) in [5, 5.41) is 14.7. The molecule has 2 aromatic heterocycles. The van der Waals surface area contributed by atoms with Gasteiger partial charge in [-0.15, -0.1) is 0 Å². The van der Waals surface area contributed by atoms with E-state index in [4.69, 9.17) is 0 Å². The van der Waals surface area contributed by atoms with Crippen LogP contribution in [0.2, 0.25) is 0 Å². The Morgan fingerprint density at radius 3 is 2.67 bits per heavy atom. The summed E-state index contributed by atoms with van der Waals surface area (Å²) >= 11 is 0. The molecule has 148 valence electrons. The zero-order valence-electron chi connectivity index (χ0n) is 16.7. The summed E-state index contributed by atoms with van der Waals surface area (Å²) in [5.41, 5.74) is 2.71. The number of rotatable bonds is 6. The van der Waals surface area contributed by atoms with E-state index in [1.54, 1.807) is 0 Å². The molecule has 0 radical (unpaired) electrons. The Balaban J connectivity index is 1.65. The second kappa shape index (κ2) is 8.61. The number of hydrogen-bond acceptors (Lipinski definition) is 4. The molecular weight excluding hydrogens is 336 g/mol. The summed E-state index contributed by atoms with van der Waals surface area (Å²) in [5.74, 6) is 0.976. The highest BCUT2D eigenvalue weighted by Crippen LogP contribution is 2.34. The minimum Gasteiger partial charge on any atom is -0.393 e. The van der Waals surface area contributed by atoms with Crippen LogP contribution >= 0.6 is 0 Å². The fraction of sp³-hybridized carbons (Fsp3) is 0.682. The van der Waals surface area contributed by atoms with Gasteiger partial charge in [-0.1, -0.05) is 13.3 Å². The Morgan fingerprint density at radius 2 is 1.93 bits per heavy atom. The SMILES string of the molecule is CCCNc1cc2c(cn1)c(CN1CCCCC1)cn2C1CCC(O)CC1. The first-order valence-electron chi connectivity index (χ1n) is 10.9. The summed E-state index contributed by atoms with van der Waals surface area (Å²) in [6.45, 7) is 6.59. The Morgan fingerprint density at radius 1 is 1.15 bits per heavy atom. The molecule has 1 saturated carbocycles. The van der Waals surface area contributed by atoms with Gasteiger partial charge in [-0.05, 0) is 63.6 Å². The summed E-state index contributed by atoms with van der Waals surface area (Å²) < 4.78 is 2.49. The van der Waals surface area contributed by atoms with Crippen molar-refractivity contribution in [1.82, 2.24) is 14.5 Å². The molecule has 1 aliphatic carbocycles. The highest BCUT2D eigenvalue weighted by molar-refractivity contribution is 5.85. The van der Waals surface area contributed by atoms with E-state index in [0.717, 1.165) is 51.0 Å².